The molecule has 1 nitrogen and oxygen atoms in total. The summed E-state index contributed by atoms with van der Waals surface area (Å²) in [5, 5.41) is 3.30. The van der Waals surface area contributed by atoms with E-state index >= 15 is 0 Å². The lowest BCUT2D eigenvalue weighted by Crippen LogP contribution is -2.12. The maximum atomic E-state index is 5.50. The third kappa shape index (κ3) is 4.80. The van der Waals surface area contributed by atoms with E-state index in [-0.39, 0.29) is 0 Å². The number of benzene rings is 1. The van der Waals surface area contributed by atoms with Crippen molar-refractivity contribution in [1.82, 2.24) is 5.32 Å². The van der Waals surface area contributed by atoms with E-state index in [1.807, 2.05) is 24.3 Å². The van der Waals surface area contributed by atoms with Crippen LogP contribution in [0.15, 0.2) is 40.9 Å². The minimum absolute atomic E-state index is 0.582. The molecule has 0 saturated heterocycles. The molecular weight excluding hydrogens is 261 g/mol. The van der Waals surface area contributed by atoms with E-state index in [4.69, 9.17) is 11.6 Å². The monoisotopic (exact) mass is 273 g/mol. The highest BCUT2D eigenvalue weighted by Gasteiger charge is 1.91. The van der Waals surface area contributed by atoms with Crippen molar-refractivity contribution < 1.29 is 0 Å². The van der Waals surface area contributed by atoms with Crippen LogP contribution in [0.25, 0.3) is 0 Å². The Balaban J connectivity index is 2.28. The normalized spacial score (nSPS) is 11.0. The van der Waals surface area contributed by atoms with Gasteiger partial charge in [-0.1, -0.05) is 40.2 Å². The Morgan fingerprint density at radius 2 is 2.21 bits per heavy atom. The second-order valence-corrected chi connectivity index (χ2v) is 4.11. The maximum Gasteiger partial charge on any atom is 0.0404 e. The van der Waals surface area contributed by atoms with E-state index in [1.54, 1.807) is 0 Å². The Bertz CT molecular complexity index is 299. The van der Waals surface area contributed by atoms with Crippen LogP contribution in [0.3, 0.4) is 0 Å². The van der Waals surface area contributed by atoms with E-state index in [1.165, 1.54) is 5.56 Å². The average Bonchev–Trinajstić information content (AvgIpc) is 2.18. The summed E-state index contributed by atoms with van der Waals surface area (Å²) in [7, 11) is 0. The number of alkyl halides is 1. The summed E-state index contributed by atoms with van der Waals surface area (Å²) in [5.41, 5.74) is 1.28. The number of hydrogen-bond donors (Lipinski definition) is 1. The Labute approximate surface area is 98.3 Å². The minimum atomic E-state index is 0.582. The summed E-state index contributed by atoms with van der Waals surface area (Å²) in [6, 6.07) is 8.27. The van der Waals surface area contributed by atoms with Gasteiger partial charge >= 0.3 is 0 Å². The number of rotatable bonds is 5. The Morgan fingerprint density at radius 1 is 1.36 bits per heavy atom. The van der Waals surface area contributed by atoms with Gasteiger partial charge in [-0.2, -0.15) is 0 Å². The molecule has 0 spiro atoms. The van der Waals surface area contributed by atoms with Gasteiger partial charge in [0.05, 0.1) is 0 Å². The molecule has 0 aliphatic rings. The van der Waals surface area contributed by atoms with Gasteiger partial charge in [0.25, 0.3) is 0 Å². The summed E-state index contributed by atoms with van der Waals surface area (Å²) >= 11 is 8.93. The van der Waals surface area contributed by atoms with Gasteiger partial charge in [-0.15, -0.1) is 11.6 Å². The molecule has 0 radical (unpaired) electrons. The fourth-order valence-electron chi connectivity index (χ4n) is 1.09. The molecule has 1 N–H and O–H groups in total. The van der Waals surface area contributed by atoms with Gasteiger partial charge in [0.1, 0.15) is 0 Å². The highest BCUT2D eigenvalue weighted by atomic mass is 79.9. The van der Waals surface area contributed by atoms with Crippen LogP contribution in [-0.2, 0) is 6.54 Å². The minimum Gasteiger partial charge on any atom is -0.309 e. The van der Waals surface area contributed by atoms with E-state index < -0.39 is 0 Å². The van der Waals surface area contributed by atoms with Gasteiger partial charge in [0, 0.05) is 23.4 Å². The summed E-state index contributed by atoms with van der Waals surface area (Å²) in [4.78, 5) is 0. The lowest BCUT2D eigenvalue weighted by Gasteiger charge is -2.02. The van der Waals surface area contributed by atoms with E-state index in [9.17, 15) is 0 Å². The molecule has 14 heavy (non-hydrogen) atoms. The summed E-state index contributed by atoms with van der Waals surface area (Å²) in [6.45, 7) is 1.74. The third-order valence-corrected chi connectivity index (χ3v) is 2.41. The second kappa shape index (κ2) is 7.04. The Morgan fingerprint density at radius 3 is 2.93 bits per heavy atom. The second-order valence-electron chi connectivity index (χ2n) is 2.89. The first-order valence-electron chi connectivity index (χ1n) is 4.49. The molecule has 0 unspecified atom stereocenters. The van der Waals surface area contributed by atoms with Crippen molar-refractivity contribution in [2.75, 3.05) is 12.4 Å². The molecule has 0 fully saturated rings. The molecule has 76 valence electrons. The molecule has 0 aliphatic carbocycles. The van der Waals surface area contributed by atoms with Crippen molar-refractivity contribution in [1.29, 1.82) is 0 Å². The number of halogens is 2. The van der Waals surface area contributed by atoms with Crippen molar-refractivity contribution in [3.8, 4) is 0 Å². The molecule has 0 aromatic heterocycles. The highest BCUT2D eigenvalue weighted by Crippen LogP contribution is 2.10. The predicted molar refractivity (Wildman–Crippen MR) is 65.7 cm³/mol. The van der Waals surface area contributed by atoms with Crippen molar-refractivity contribution in [2.45, 2.75) is 6.54 Å². The van der Waals surface area contributed by atoms with Crippen LogP contribution in [0, 0.1) is 0 Å². The standard InChI is InChI=1S/C11H13BrClN/c12-11-5-3-4-10(8-11)9-14-7-2-1-6-13/h1-5,8,14H,6-7,9H2/b2-1+. The molecule has 0 atom stereocenters. The summed E-state index contributed by atoms with van der Waals surface area (Å²) < 4.78 is 1.12. The summed E-state index contributed by atoms with van der Waals surface area (Å²) in [5.74, 6) is 0.582. The number of nitrogens with one attached hydrogen (secondary N) is 1. The van der Waals surface area contributed by atoms with E-state index in [0.29, 0.717) is 5.88 Å². The fourth-order valence-corrected chi connectivity index (χ4v) is 1.67. The molecule has 0 amide bonds. The highest BCUT2D eigenvalue weighted by molar-refractivity contribution is 9.10. The van der Waals surface area contributed by atoms with Crippen LogP contribution < -0.4 is 5.32 Å². The molecular formula is C11H13BrClN. The van der Waals surface area contributed by atoms with Gasteiger partial charge in [-0.25, -0.2) is 0 Å². The largest absolute Gasteiger partial charge is 0.309 e. The fraction of sp³-hybridized carbons (Fsp3) is 0.273. The van der Waals surface area contributed by atoms with Crippen LogP contribution in [0.4, 0.5) is 0 Å². The van der Waals surface area contributed by atoms with Crippen molar-refractivity contribution >= 4 is 27.5 Å². The van der Waals surface area contributed by atoms with Gasteiger partial charge in [0.15, 0.2) is 0 Å². The van der Waals surface area contributed by atoms with Crippen LogP contribution in [0.1, 0.15) is 5.56 Å². The van der Waals surface area contributed by atoms with E-state index in [0.717, 1.165) is 17.6 Å². The molecule has 1 rings (SSSR count). The lowest BCUT2D eigenvalue weighted by molar-refractivity contribution is 0.759. The quantitative estimate of drug-likeness (QED) is 0.493. The first kappa shape index (κ1) is 11.8. The number of allylic oxidation sites excluding steroid dienone is 1. The van der Waals surface area contributed by atoms with Gasteiger partial charge in [0.2, 0.25) is 0 Å². The van der Waals surface area contributed by atoms with Crippen LogP contribution in [-0.4, -0.2) is 12.4 Å². The first-order chi connectivity index (χ1) is 6.83. The summed E-state index contributed by atoms with van der Waals surface area (Å²) in [6.07, 6.45) is 3.97. The maximum absolute atomic E-state index is 5.50. The van der Waals surface area contributed by atoms with Crippen LogP contribution >= 0.6 is 27.5 Å². The van der Waals surface area contributed by atoms with Crippen molar-refractivity contribution in [2.24, 2.45) is 0 Å². The first-order valence-corrected chi connectivity index (χ1v) is 5.82. The topological polar surface area (TPSA) is 12.0 Å². The Hall–Kier alpha value is -0.310. The SMILES string of the molecule is ClC/C=C/CNCc1cccc(Br)c1. The van der Waals surface area contributed by atoms with E-state index in [2.05, 4.69) is 33.4 Å². The molecule has 1 aromatic rings. The smallest absolute Gasteiger partial charge is 0.0404 e. The van der Waals surface area contributed by atoms with Gasteiger partial charge in [-0.05, 0) is 17.7 Å². The van der Waals surface area contributed by atoms with Crippen molar-refractivity contribution in [3.05, 3.63) is 46.5 Å². The zero-order valence-corrected chi connectivity index (χ0v) is 10.2. The zero-order valence-electron chi connectivity index (χ0n) is 7.84. The predicted octanol–water partition coefficient (Wildman–Crippen LogP) is 3.33. The van der Waals surface area contributed by atoms with Gasteiger partial charge < -0.3 is 5.32 Å². The molecule has 3 heteroatoms. The molecule has 0 heterocycles. The lowest BCUT2D eigenvalue weighted by atomic mass is 10.2. The molecule has 0 bridgehead atoms. The Kier molecular flexibility index (Phi) is 5.92. The van der Waals surface area contributed by atoms with Crippen LogP contribution in [0.5, 0.6) is 0 Å². The zero-order chi connectivity index (χ0) is 10.2. The van der Waals surface area contributed by atoms with Crippen molar-refractivity contribution in [3.63, 3.8) is 0 Å². The number of hydrogen-bond acceptors (Lipinski definition) is 1. The van der Waals surface area contributed by atoms with Crippen LogP contribution in [0.2, 0.25) is 0 Å². The third-order valence-electron chi connectivity index (χ3n) is 1.74. The molecule has 0 aliphatic heterocycles. The van der Waals surface area contributed by atoms with Gasteiger partial charge in [-0.3, -0.25) is 0 Å². The molecule has 1 aromatic carbocycles. The molecule has 0 saturated carbocycles. The average molecular weight is 275 g/mol.